The largest absolute Gasteiger partial charge is 0.327 e. The van der Waals surface area contributed by atoms with Crippen molar-refractivity contribution in [3.05, 3.63) is 24.3 Å². The summed E-state index contributed by atoms with van der Waals surface area (Å²) in [6.45, 7) is 3.78. The van der Waals surface area contributed by atoms with Gasteiger partial charge in [-0.2, -0.15) is 4.98 Å². The van der Waals surface area contributed by atoms with Crippen LogP contribution in [0.3, 0.4) is 0 Å². The van der Waals surface area contributed by atoms with Crippen molar-refractivity contribution in [2.24, 2.45) is 17.8 Å². The van der Waals surface area contributed by atoms with Gasteiger partial charge in [0.1, 0.15) is 0 Å². The van der Waals surface area contributed by atoms with Crippen molar-refractivity contribution in [1.82, 2.24) is 24.5 Å². The van der Waals surface area contributed by atoms with Crippen molar-refractivity contribution in [2.75, 3.05) is 26.2 Å². The SMILES string of the molecule is O=C(c1nc2ncccn2n1)N1CC[NH+](C23CC4CC(CC(C4)C2)C3)CC1. The molecule has 142 valence electrons. The molecule has 1 saturated heterocycles. The minimum atomic E-state index is -0.0509. The molecule has 0 radical (unpaired) electrons. The third-order valence-electron chi connectivity index (χ3n) is 7.75. The number of piperazine rings is 1. The van der Waals surface area contributed by atoms with Gasteiger partial charge in [-0.3, -0.25) is 4.79 Å². The third-order valence-corrected chi connectivity index (χ3v) is 7.75. The number of fused-ring (bicyclic) bond motifs is 1. The van der Waals surface area contributed by atoms with Crippen LogP contribution in [-0.2, 0) is 0 Å². The van der Waals surface area contributed by atoms with E-state index in [1.807, 2.05) is 4.90 Å². The summed E-state index contributed by atoms with van der Waals surface area (Å²) in [5, 5.41) is 4.31. The number of hydrogen-bond donors (Lipinski definition) is 1. The Balaban J connectivity index is 1.16. The molecule has 0 unspecified atom stereocenters. The van der Waals surface area contributed by atoms with E-state index in [2.05, 4.69) is 15.1 Å². The minimum Gasteiger partial charge on any atom is -0.327 e. The highest BCUT2D eigenvalue weighted by molar-refractivity contribution is 5.90. The predicted molar refractivity (Wildman–Crippen MR) is 98.3 cm³/mol. The number of rotatable bonds is 2. The lowest BCUT2D eigenvalue weighted by molar-refractivity contribution is -0.962. The maximum atomic E-state index is 12.9. The predicted octanol–water partition coefficient (Wildman–Crippen LogP) is 0.434. The molecule has 1 amide bonds. The van der Waals surface area contributed by atoms with Gasteiger partial charge in [0.25, 0.3) is 11.7 Å². The monoisotopic (exact) mass is 367 g/mol. The van der Waals surface area contributed by atoms with Crippen molar-refractivity contribution in [3.63, 3.8) is 0 Å². The summed E-state index contributed by atoms with van der Waals surface area (Å²) in [6, 6.07) is 1.80. The summed E-state index contributed by atoms with van der Waals surface area (Å²) in [4.78, 5) is 25.1. The molecule has 4 saturated carbocycles. The van der Waals surface area contributed by atoms with Crippen molar-refractivity contribution in [2.45, 2.75) is 44.1 Å². The summed E-state index contributed by atoms with van der Waals surface area (Å²) in [5.41, 5.74) is 0.523. The molecule has 4 bridgehead atoms. The van der Waals surface area contributed by atoms with Crippen LogP contribution in [0.2, 0.25) is 0 Å². The molecule has 2 aromatic rings. The fourth-order valence-corrected chi connectivity index (χ4v) is 7.02. The normalized spacial score (nSPS) is 35.9. The first-order valence-electron chi connectivity index (χ1n) is 10.5. The van der Waals surface area contributed by atoms with Crippen molar-refractivity contribution < 1.29 is 9.69 Å². The van der Waals surface area contributed by atoms with E-state index in [0.717, 1.165) is 43.9 Å². The van der Waals surface area contributed by atoms with Crippen molar-refractivity contribution in [1.29, 1.82) is 0 Å². The van der Waals surface area contributed by atoms with Gasteiger partial charge in [0, 0.05) is 31.7 Å². The highest BCUT2D eigenvalue weighted by atomic mass is 16.2. The first-order chi connectivity index (χ1) is 13.2. The first kappa shape index (κ1) is 16.0. The molecule has 2 aromatic heterocycles. The van der Waals surface area contributed by atoms with E-state index in [0.29, 0.717) is 11.3 Å². The molecule has 1 N–H and O–H groups in total. The Morgan fingerprint density at radius 2 is 1.74 bits per heavy atom. The van der Waals surface area contributed by atoms with E-state index in [1.165, 1.54) is 38.5 Å². The number of nitrogens with one attached hydrogen (secondary N) is 1. The number of carbonyl (C=O) groups is 1. The molecule has 27 heavy (non-hydrogen) atoms. The molecule has 7 heteroatoms. The number of hydrogen-bond acceptors (Lipinski definition) is 4. The van der Waals surface area contributed by atoms with Crippen LogP contribution in [0, 0.1) is 17.8 Å². The second kappa shape index (κ2) is 5.74. The zero-order chi connectivity index (χ0) is 18.0. The number of amides is 1. The van der Waals surface area contributed by atoms with E-state index in [-0.39, 0.29) is 11.7 Å². The van der Waals surface area contributed by atoms with Crippen LogP contribution in [0.15, 0.2) is 18.5 Å². The Labute approximate surface area is 158 Å². The van der Waals surface area contributed by atoms with Crippen LogP contribution in [0.1, 0.15) is 49.1 Å². The Bertz CT molecular complexity index is 815. The van der Waals surface area contributed by atoms with Crippen LogP contribution in [-0.4, -0.2) is 62.1 Å². The highest BCUT2D eigenvalue weighted by Crippen LogP contribution is 2.54. The van der Waals surface area contributed by atoms with Gasteiger partial charge in [-0.15, -0.1) is 5.10 Å². The Morgan fingerprint density at radius 1 is 1.07 bits per heavy atom. The molecule has 7 rings (SSSR count). The molecular weight excluding hydrogens is 340 g/mol. The first-order valence-corrected chi connectivity index (χ1v) is 10.5. The topological polar surface area (TPSA) is 67.8 Å². The zero-order valence-corrected chi connectivity index (χ0v) is 15.7. The van der Waals surface area contributed by atoms with Gasteiger partial charge in [-0.1, -0.05) is 0 Å². The van der Waals surface area contributed by atoms with E-state index in [9.17, 15) is 4.79 Å². The molecular formula is C20H27N6O+. The lowest BCUT2D eigenvalue weighted by Crippen LogP contribution is -3.23. The van der Waals surface area contributed by atoms with Gasteiger partial charge < -0.3 is 9.80 Å². The Morgan fingerprint density at radius 3 is 2.37 bits per heavy atom. The van der Waals surface area contributed by atoms with E-state index in [1.54, 1.807) is 27.9 Å². The Kier molecular flexibility index (Phi) is 3.40. The molecule has 5 fully saturated rings. The van der Waals surface area contributed by atoms with E-state index < -0.39 is 0 Å². The maximum Gasteiger partial charge on any atom is 0.294 e. The highest BCUT2D eigenvalue weighted by Gasteiger charge is 2.56. The smallest absolute Gasteiger partial charge is 0.294 e. The molecule has 0 spiro atoms. The minimum absolute atomic E-state index is 0.0509. The quantitative estimate of drug-likeness (QED) is 0.836. The van der Waals surface area contributed by atoms with Crippen LogP contribution in [0.25, 0.3) is 5.78 Å². The molecule has 0 aromatic carbocycles. The third kappa shape index (κ3) is 2.51. The van der Waals surface area contributed by atoms with Gasteiger partial charge in [0.15, 0.2) is 0 Å². The second-order valence-electron chi connectivity index (χ2n) is 9.39. The summed E-state index contributed by atoms with van der Waals surface area (Å²) in [7, 11) is 0. The van der Waals surface area contributed by atoms with Crippen LogP contribution >= 0.6 is 0 Å². The van der Waals surface area contributed by atoms with Gasteiger partial charge in [-0.05, 0) is 43.1 Å². The number of nitrogens with zero attached hydrogens (tertiary/aromatic N) is 5. The summed E-state index contributed by atoms with van der Waals surface area (Å²) in [6.07, 6.45) is 12.2. The summed E-state index contributed by atoms with van der Waals surface area (Å²) >= 11 is 0. The number of quaternary nitrogens is 1. The lowest BCUT2D eigenvalue weighted by atomic mass is 9.52. The number of aromatic nitrogens is 4. The second-order valence-corrected chi connectivity index (χ2v) is 9.39. The average molecular weight is 367 g/mol. The zero-order valence-electron chi connectivity index (χ0n) is 15.7. The molecule has 0 atom stereocenters. The van der Waals surface area contributed by atoms with Gasteiger partial charge in [0.05, 0.1) is 31.7 Å². The standard InChI is InChI=1S/C20H26N6O/c27-18(17-22-19-21-2-1-3-26(19)23-17)24-4-6-25(7-5-24)20-11-14-8-15(12-20)10-16(9-14)13-20/h1-3,14-16H,4-13H2/p+1. The average Bonchev–Trinajstić information content (AvgIpc) is 3.11. The van der Waals surface area contributed by atoms with Crippen molar-refractivity contribution in [3.8, 4) is 0 Å². The van der Waals surface area contributed by atoms with Crippen molar-refractivity contribution >= 4 is 11.7 Å². The van der Waals surface area contributed by atoms with E-state index >= 15 is 0 Å². The summed E-state index contributed by atoms with van der Waals surface area (Å²) < 4.78 is 1.57. The molecule has 5 aliphatic rings. The van der Waals surface area contributed by atoms with Crippen LogP contribution in [0.5, 0.6) is 0 Å². The molecule has 4 aliphatic carbocycles. The Hall–Kier alpha value is -2.02. The van der Waals surface area contributed by atoms with Gasteiger partial charge >= 0.3 is 0 Å². The number of carbonyl (C=O) groups excluding carboxylic acids is 1. The maximum absolute atomic E-state index is 12.9. The van der Waals surface area contributed by atoms with Gasteiger partial charge in [-0.25, -0.2) is 9.50 Å². The summed E-state index contributed by atoms with van der Waals surface area (Å²) in [5.74, 6) is 3.66. The van der Waals surface area contributed by atoms with Gasteiger partial charge in [0.2, 0.25) is 5.82 Å². The van der Waals surface area contributed by atoms with E-state index in [4.69, 9.17) is 0 Å². The molecule has 3 heterocycles. The fourth-order valence-electron chi connectivity index (χ4n) is 7.02. The molecule has 7 nitrogen and oxygen atoms in total. The van der Waals surface area contributed by atoms with Crippen LogP contribution in [0.4, 0.5) is 0 Å². The fraction of sp³-hybridized carbons (Fsp3) is 0.700. The van der Waals surface area contributed by atoms with Crippen LogP contribution < -0.4 is 4.90 Å². The molecule has 1 aliphatic heterocycles. The lowest BCUT2D eigenvalue weighted by Gasteiger charge is -2.59.